The molecule has 0 spiro atoms. The van der Waals surface area contributed by atoms with Crippen LogP contribution < -0.4 is 5.32 Å². The van der Waals surface area contributed by atoms with E-state index in [1.54, 1.807) is 0 Å². The van der Waals surface area contributed by atoms with Gasteiger partial charge in [-0.2, -0.15) is 0 Å². The zero-order valence-corrected chi connectivity index (χ0v) is 18.2. The molecule has 1 aromatic carbocycles. The minimum atomic E-state index is -0.239. The summed E-state index contributed by atoms with van der Waals surface area (Å²) in [5.41, 5.74) is 3.13. The predicted molar refractivity (Wildman–Crippen MR) is 115 cm³/mol. The topological polar surface area (TPSA) is 55.4 Å². The van der Waals surface area contributed by atoms with Crippen molar-refractivity contribution in [3.8, 4) is 0 Å². The fourth-order valence-electron chi connectivity index (χ4n) is 6.41. The molecule has 1 N–H and O–H groups in total. The number of nitrogens with one attached hydrogen (secondary N) is 1. The minimum Gasteiger partial charge on any atom is -0.455 e. The Balaban J connectivity index is 1.39. The molecular formula is C25H35NO3. The number of carbonyl (C=O) groups is 2. The molecule has 0 aromatic heterocycles. The molecule has 0 radical (unpaired) electrons. The SMILES string of the molecule is CC(C)c1cccc(C(C)C)c1NC(=O)COC(=O)C1C2CC3CC(C2)CC1C3. The second kappa shape index (κ2) is 8.12. The van der Waals surface area contributed by atoms with E-state index in [0.29, 0.717) is 23.7 Å². The maximum absolute atomic E-state index is 12.8. The van der Waals surface area contributed by atoms with Crippen molar-refractivity contribution < 1.29 is 14.3 Å². The molecule has 1 aromatic rings. The van der Waals surface area contributed by atoms with Crippen molar-refractivity contribution in [2.45, 2.75) is 71.6 Å². The van der Waals surface area contributed by atoms with Crippen molar-refractivity contribution in [1.29, 1.82) is 0 Å². The highest BCUT2D eigenvalue weighted by molar-refractivity contribution is 5.94. The van der Waals surface area contributed by atoms with E-state index < -0.39 is 0 Å². The van der Waals surface area contributed by atoms with Gasteiger partial charge in [0.15, 0.2) is 6.61 Å². The van der Waals surface area contributed by atoms with Gasteiger partial charge in [0.25, 0.3) is 5.91 Å². The van der Waals surface area contributed by atoms with Crippen molar-refractivity contribution in [2.75, 3.05) is 11.9 Å². The molecule has 4 nitrogen and oxygen atoms in total. The average molecular weight is 398 g/mol. The van der Waals surface area contributed by atoms with Gasteiger partial charge < -0.3 is 10.1 Å². The fraction of sp³-hybridized carbons (Fsp3) is 0.680. The molecule has 1 amide bonds. The maximum atomic E-state index is 12.8. The van der Waals surface area contributed by atoms with Crippen LogP contribution in [0.1, 0.15) is 82.8 Å². The van der Waals surface area contributed by atoms with E-state index in [9.17, 15) is 9.59 Å². The second-order valence-corrected chi connectivity index (χ2v) is 10.2. The molecule has 29 heavy (non-hydrogen) atoms. The van der Waals surface area contributed by atoms with Crippen molar-refractivity contribution in [3.05, 3.63) is 29.3 Å². The van der Waals surface area contributed by atoms with E-state index in [4.69, 9.17) is 4.74 Å². The van der Waals surface area contributed by atoms with Gasteiger partial charge in [0.1, 0.15) is 0 Å². The number of hydrogen-bond donors (Lipinski definition) is 1. The molecule has 0 saturated heterocycles. The van der Waals surface area contributed by atoms with Gasteiger partial charge in [-0.15, -0.1) is 0 Å². The number of para-hydroxylation sites is 1. The van der Waals surface area contributed by atoms with E-state index in [1.165, 1.54) is 32.1 Å². The van der Waals surface area contributed by atoms with E-state index in [-0.39, 0.29) is 24.4 Å². The number of ether oxygens (including phenoxy) is 1. The molecule has 0 atom stereocenters. The smallest absolute Gasteiger partial charge is 0.310 e. The molecule has 5 rings (SSSR count). The standard InChI is InChI=1S/C25H35NO3/c1-14(2)20-6-5-7-21(15(3)4)24(20)26-22(27)13-29-25(28)23-18-9-16-8-17(11-18)12-19(23)10-16/h5-7,14-19,23H,8-13H2,1-4H3,(H,26,27). The number of rotatable bonds is 6. The van der Waals surface area contributed by atoms with E-state index >= 15 is 0 Å². The highest BCUT2D eigenvalue weighted by Gasteiger charge is 2.51. The van der Waals surface area contributed by atoms with E-state index in [1.807, 2.05) is 6.07 Å². The normalized spacial score (nSPS) is 30.1. The summed E-state index contributed by atoms with van der Waals surface area (Å²) in [6, 6.07) is 6.17. The highest BCUT2D eigenvalue weighted by Crippen LogP contribution is 2.56. The van der Waals surface area contributed by atoms with Gasteiger partial charge in [-0.25, -0.2) is 0 Å². The Morgan fingerprint density at radius 1 is 0.931 bits per heavy atom. The lowest BCUT2D eigenvalue weighted by Crippen LogP contribution is -2.48. The summed E-state index contributed by atoms with van der Waals surface area (Å²) in [7, 11) is 0. The summed E-state index contributed by atoms with van der Waals surface area (Å²) < 4.78 is 5.55. The minimum absolute atomic E-state index is 0.0183. The van der Waals surface area contributed by atoms with Crippen LogP contribution in [0.3, 0.4) is 0 Å². The van der Waals surface area contributed by atoms with Gasteiger partial charge in [0.2, 0.25) is 0 Å². The number of esters is 1. The molecule has 4 saturated carbocycles. The van der Waals surface area contributed by atoms with Crippen LogP contribution in [-0.4, -0.2) is 18.5 Å². The Kier molecular flexibility index (Phi) is 5.72. The van der Waals surface area contributed by atoms with Gasteiger partial charge in [-0.05, 0) is 78.7 Å². The van der Waals surface area contributed by atoms with Crippen LogP contribution >= 0.6 is 0 Å². The lowest BCUT2D eigenvalue weighted by atomic mass is 9.52. The van der Waals surface area contributed by atoms with Crippen molar-refractivity contribution in [1.82, 2.24) is 0 Å². The predicted octanol–water partition coefficient (Wildman–Crippen LogP) is 5.49. The Labute approximate surface area is 174 Å². The Morgan fingerprint density at radius 2 is 1.45 bits per heavy atom. The average Bonchev–Trinajstić information content (AvgIpc) is 2.65. The van der Waals surface area contributed by atoms with Crippen LogP contribution in [0.15, 0.2) is 18.2 Å². The maximum Gasteiger partial charge on any atom is 0.310 e. The van der Waals surface area contributed by atoms with Crippen LogP contribution in [-0.2, 0) is 14.3 Å². The fourth-order valence-corrected chi connectivity index (χ4v) is 6.41. The third kappa shape index (κ3) is 4.08. The van der Waals surface area contributed by atoms with Crippen LogP contribution in [0.5, 0.6) is 0 Å². The van der Waals surface area contributed by atoms with Crippen molar-refractivity contribution >= 4 is 17.6 Å². The van der Waals surface area contributed by atoms with Crippen LogP contribution in [0.25, 0.3) is 0 Å². The summed E-state index contributed by atoms with van der Waals surface area (Å²) in [5.74, 6) is 2.86. The molecule has 0 aliphatic heterocycles. The van der Waals surface area contributed by atoms with Crippen LogP contribution in [0, 0.1) is 29.6 Å². The molecular weight excluding hydrogens is 362 g/mol. The zero-order valence-electron chi connectivity index (χ0n) is 18.2. The number of benzene rings is 1. The number of amides is 1. The van der Waals surface area contributed by atoms with Crippen LogP contribution in [0.4, 0.5) is 5.69 Å². The molecule has 158 valence electrons. The summed E-state index contributed by atoms with van der Waals surface area (Å²) in [6.45, 7) is 8.32. The monoisotopic (exact) mass is 397 g/mol. The van der Waals surface area contributed by atoms with Crippen LogP contribution in [0.2, 0.25) is 0 Å². The summed E-state index contributed by atoms with van der Waals surface area (Å²) >= 11 is 0. The molecule has 4 aliphatic rings. The second-order valence-electron chi connectivity index (χ2n) is 10.2. The highest BCUT2D eigenvalue weighted by atomic mass is 16.5. The Bertz CT molecular complexity index is 728. The van der Waals surface area contributed by atoms with Crippen molar-refractivity contribution in [3.63, 3.8) is 0 Å². The molecule has 4 aliphatic carbocycles. The first-order valence-electron chi connectivity index (χ1n) is 11.4. The largest absolute Gasteiger partial charge is 0.455 e. The summed E-state index contributed by atoms with van der Waals surface area (Å²) in [6.07, 6.45) is 6.08. The summed E-state index contributed by atoms with van der Waals surface area (Å²) in [5, 5.41) is 3.05. The molecule has 4 heteroatoms. The molecule has 0 heterocycles. The molecule has 4 bridgehead atoms. The number of hydrogen-bond acceptors (Lipinski definition) is 3. The quantitative estimate of drug-likeness (QED) is 0.646. The van der Waals surface area contributed by atoms with Gasteiger partial charge in [-0.1, -0.05) is 45.9 Å². The third-order valence-electron chi connectivity index (χ3n) is 7.48. The van der Waals surface area contributed by atoms with Gasteiger partial charge in [0.05, 0.1) is 5.92 Å². The first-order valence-corrected chi connectivity index (χ1v) is 11.4. The van der Waals surface area contributed by atoms with E-state index in [2.05, 4.69) is 45.1 Å². The molecule has 0 unspecified atom stereocenters. The zero-order chi connectivity index (χ0) is 20.7. The van der Waals surface area contributed by atoms with Crippen molar-refractivity contribution in [2.24, 2.45) is 29.6 Å². The third-order valence-corrected chi connectivity index (χ3v) is 7.48. The Hall–Kier alpha value is -1.84. The van der Waals surface area contributed by atoms with Gasteiger partial charge in [0, 0.05) is 5.69 Å². The number of carbonyl (C=O) groups excluding carboxylic acids is 2. The first-order chi connectivity index (χ1) is 13.8. The lowest BCUT2D eigenvalue weighted by molar-refractivity contribution is -0.164. The first kappa shape index (κ1) is 20.4. The molecule has 4 fully saturated rings. The number of anilines is 1. The van der Waals surface area contributed by atoms with Gasteiger partial charge >= 0.3 is 5.97 Å². The van der Waals surface area contributed by atoms with E-state index in [0.717, 1.165) is 28.7 Å². The summed E-state index contributed by atoms with van der Waals surface area (Å²) in [4.78, 5) is 25.5. The lowest BCUT2D eigenvalue weighted by Gasteiger charge is -2.53. The van der Waals surface area contributed by atoms with Gasteiger partial charge in [-0.3, -0.25) is 9.59 Å². The Morgan fingerprint density at radius 3 is 1.93 bits per heavy atom.